The molecule has 15 heavy (non-hydrogen) atoms. The fourth-order valence-corrected chi connectivity index (χ4v) is 2.31. The Hall–Kier alpha value is -1.03. The second kappa shape index (κ2) is 4.66. The molecule has 0 bridgehead atoms. The molecule has 1 fully saturated rings. The van der Waals surface area contributed by atoms with Gasteiger partial charge in [-0.1, -0.05) is 6.08 Å². The normalized spacial score (nSPS) is 26.3. The van der Waals surface area contributed by atoms with Crippen LogP contribution in [0.3, 0.4) is 0 Å². The number of ether oxygens (including phenoxy) is 1. The van der Waals surface area contributed by atoms with Gasteiger partial charge in [0, 0.05) is 18.8 Å². The molecule has 2 aliphatic heterocycles. The topological polar surface area (TPSA) is 41.6 Å². The predicted octanol–water partition coefficient (Wildman–Crippen LogP) is 0.501. The van der Waals surface area contributed by atoms with Gasteiger partial charge in [0.2, 0.25) is 0 Å². The highest BCUT2D eigenvalue weighted by Crippen LogP contribution is 2.25. The molecule has 0 amide bonds. The van der Waals surface area contributed by atoms with Crippen LogP contribution in [-0.2, 0) is 9.53 Å². The first-order chi connectivity index (χ1) is 7.33. The van der Waals surface area contributed by atoms with Gasteiger partial charge in [0.1, 0.15) is 6.04 Å². The van der Waals surface area contributed by atoms with Crippen molar-refractivity contribution in [2.75, 3.05) is 26.7 Å². The molecule has 1 saturated heterocycles. The van der Waals surface area contributed by atoms with Gasteiger partial charge in [0.15, 0.2) is 0 Å². The van der Waals surface area contributed by atoms with Gasteiger partial charge in [-0.15, -0.1) is 0 Å². The van der Waals surface area contributed by atoms with Crippen LogP contribution < -0.4 is 5.32 Å². The van der Waals surface area contributed by atoms with E-state index in [0.29, 0.717) is 0 Å². The van der Waals surface area contributed by atoms with Crippen molar-refractivity contribution in [3.8, 4) is 0 Å². The van der Waals surface area contributed by atoms with Gasteiger partial charge in [0.05, 0.1) is 7.11 Å². The zero-order valence-electron chi connectivity index (χ0n) is 9.16. The van der Waals surface area contributed by atoms with Crippen molar-refractivity contribution in [1.29, 1.82) is 0 Å². The number of fused-ring (bicyclic) bond motifs is 1. The number of carbonyl (C=O) groups is 1. The molecule has 0 aromatic rings. The average molecular weight is 210 g/mol. The van der Waals surface area contributed by atoms with E-state index in [9.17, 15) is 4.79 Å². The largest absolute Gasteiger partial charge is 0.467 e. The third kappa shape index (κ3) is 2.15. The Morgan fingerprint density at radius 3 is 3.27 bits per heavy atom. The van der Waals surface area contributed by atoms with Crippen molar-refractivity contribution in [3.05, 3.63) is 11.8 Å². The molecular weight excluding hydrogens is 192 g/mol. The van der Waals surface area contributed by atoms with Crippen molar-refractivity contribution in [1.82, 2.24) is 10.2 Å². The van der Waals surface area contributed by atoms with Crippen LogP contribution in [0.4, 0.5) is 0 Å². The lowest BCUT2D eigenvalue weighted by Crippen LogP contribution is -2.40. The van der Waals surface area contributed by atoms with Crippen LogP contribution in [0, 0.1) is 0 Å². The number of nitrogens with one attached hydrogen (secondary N) is 1. The van der Waals surface area contributed by atoms with E-state index in [4.69, 9.17) is 4.74 Å². The molecular formula is C11H18N2O2. The second-order valence-electron chi connectivity index (χ2n) is 4.02. The molecule has 1 unspecified atom stereocenters. The SMILES string of the molecule is COC(=O)C1CC=C2CCNCCCN21. The highest BCUT2D eigenvalue weighted by molar-refractivity contribution is 5.76. The van der Waals surface area contributed by atoms with Gasteiger partial charge in [-0.05, 0) is 25.8 Å². The first kappa shape index (κ1) is 10.5. The smallest absolute Gasteiger partial charge is 0.328 e. The molecule has 2 aliphatic rings. The predicted molar refractivity (Wildman–Crippen MR) is 57.3 cm³/mol. The summed E-state index contributed by atoms with van der Waals surface area (Å²) in [6, 6.07) is -0.0666. The molecule has 0 aromatic heterocycles. The highest BCUT2D eigenvalue weighted by atomic mass is 16.5. The van der Waals surface area contributed by atoms with E-state index in [-0.39, 0.29) is 12.0 Å². The number of esters is 1. The van der Waals surface area contributed by atoms with E-state index in [1.54, 1.807) is 0 Å². The average Bonchev–Trinajstić information content (AvgIpc) is 2.59. The minimum Gasteiger partial charge on any atom is -0.467 e. The highest BCUT2D eigenvalue weighted by Gasteiger charge is 2.32. The van der Waals surface area contributed by atoms with Gasteiger partial charge in [-0.25, -0.2) is 4.79 Å². The van der Waals surface area contributed by atoms with Crippen molar-refractivity contribution in [3.63, 3.8) is 0 Å². The van der Waals surface area contributed by atoms with Gasteiger partial charge in [-0.3, -0.25) is 0 Å². The Bertz CT molecular complexity index is 276. The van der Waals surface area contributed by atoms with Crippen molar-refractivity contribution in [2.45, 2.75) is 25.3 Å². The molecule has 4 nitrogen and oxygen atoms in total. The zero-order valence-corrected chi connectivity index (χ0v) is 9.16. The minimum atomic E-state index is -0.102. The summed E-state index contributed by atoms with van der Waals surface area (Å²) >= 11 is 0. The lowest BCUT2D eigenvalue weighted by Gasteiger charge is -2.30. The van der Waals surface area contributed by atoms with Crippen molar-refractivity contribution < 1.29 is 9.53 Å². The fourth-order valence-electron chi connectivity index (χ4n) is 2.31. The van der Waals surface area contributed by atoms with Crippen molar-refractivity contribution in [2.24, 2.45) is 0 Å². The third-order valence-electron chi connectivity index (χ3n) is 3.11. The number of hydrogen-bond donors (Lipinski definition) is 1. The van der Waals surface area contributed by atoms with E-state index >= 15 is 0 Å². The maximum atomic E-state index is 11.6. The summed E-state index contributed by atoms with van der Waals surface area (Å²) in [6.45, 7) is 3.01. The monoisotopic (exact) mass is 210 g/mol. The third-order valence-corrected chi connectivity index (χ3v) is 3.11. The number of nitrogens with zero attached hydrogens (tertiary/aromatic N) is 1. The van der Waals surface area contributed by atoms with Crippen LogP contribution in [0.1, 0.15) is 19.3 Å². The Labute approximate surface area is 90.3 Å². The minimum absolute atomic E-state index is 0.0666. The summed E-state index contributed by atoms with van der Waals surface area (Å²) in [4.78, 5) is 13.8. The Morgan fingerprint density at radius 2 is 2.47 bits per heavy atom. The standard InChI is InChI=1S/C11H18N2O2/c1-15-11(14)10-4-3-9-5-7-12-6-2-8-13(9)10/h3,10,12H,2,4-8H2,1H3. The Kier molecular flexibility index (Phi) is 3.26. The fraction of sp³-hybridized carbons (Fsp3) is 0.727. The molecule has 2 heterocycles. The Morgan fingerprint density at radius 1 is 1.60 bits per heavy atom. The van der Waals surface area contributed by atoms with Crippen LogP contribution in [-0.4, -0.2) is 43.7 Å². The maximum absolute atomic E-state index is 11.6. The van der Waals surface area contributed by atoms with Crippen molar-refractivity contribution >= 4 is 5.97 Å². The second-order valence-corrected chi connectivity index (χ2v) is 4.02. The number of rotatable bonds is 1. The molecule has 1 N–H and O–H groups in total. The number of methoxy groups -OCH3 is 1. The van der Waals surface area contributed by atoms with Crippen LogP contribution in [0.25, 0.3) is 0 Å². The molecule has 0 aromatic carbocycles. The summed E-state index contributed by atoms with van der Waals surface area (Å²) in [5.74, 6) is -0.102. The van der Waals surface area contributed by atoms with E-state index in [1.807, 2.05) is 0 Å². The summed E-state index contributed by atoms with van der Waals surface area (Å²) in [7, 11) is 1.46. The van der Waals surface area contributed by atoms with Gasteiger partial charge >= 0.3 is 5.97 Å². The summed E-state index contributed by atoms with van der Waals surface area (Å²) in [6.07, 6.45) is 5.09. The molecule has 0 aliphatic carbocycles. The maximum Gasteiger partial charge on any atom is 0.328 e. The van der Waals surface area contributed by atoms with E-state index in [0.717, 1.165) is 38.9 Å². The van der Waals surface area contributed by atoms with E-state index in [2.05, 4.69) is 16.3 Å². The van der Waals surface area contributed by atoms with Gasteiger partial charge < -0.3 is 15.0 Å². The van der Waals surface area contributed by atoms with Crippen LogP contribution in [0.15, 0.2) is 11.8 Å². The lowest BCUT2D eigenvalue weighted by atomic mass is 10.2. The van der Waals surface area contributed by atoms with Gasteiger partial charge in [0.25, 0.3) is 0 Å². The van der Waals surface area contributed by atoms with Crippen LogP contribution >= 0.6 is 0 Å². The zero-order chi connectivity index (χ0) is 10.7. The van der Waals surface area contributed by atoms with E-state index in [1.165, 1.54) is 12.8 Å². The van der Waals surface area contributed by atoms with Crippen LogP contribution in [0.5, 0.6) is 0 Å². The van der Waals surface area contributed by atoms with Crippen LogP contribution in [0.2, 0.25) is 0 Å². The number of hydrogen-bond acceptors (Lipinski definition) is 4. The number of carbonyl (C=O) groups excluding carboxylic acids is 1. The molecule has 4 heteroatoms. The Balaban J connectivity index is 2.05. The molecule has 2 rings (SSSR count). The lowest BCUT2D eigenvalue weighted by molar-refractivity contribution is -0.145. The summed E-state index contributed by atoms with van der Waals surface area (Å²) < 4.78 is 4.83. The first-order valence-corrected chi connectivity index (χ1v) is 5.57. The molecule has 0 saturated carbocycles. The summed E-state index contributed by atoms with van der Waals surface area (Å²) in [5.41, 5.74) is 1.30. The van der Waals surface area contributed by atoms with Gasteiger partial charge in [-0.2, -0.15) is 0 Å². The van der Waals surface area contributed by atoms with E-state index < -0.39 is 0 Å². The molecule has 84 valence electrons. The summed E-state index contributed by atoms with van der Waals surface area (Å²) in [5, 5.41) is 3.37. The molecule has 0 spiro atoms. The quantitative estimate of drug-likeness (QED) is 0.640. The first-order valence-electron chi connectivity index (χ1n) is 5.57. The molecule has 0 radical (unpaired) electrons. The molecule has 1 atom stereocenters.